The van der Waals surface area contributed by atoms with Gasteiger partial charge in [0.25, 0.3) is 0 Å². The van der Waals surface area contributed by atoms with Gasteiger partial charge in [-0.05, 0) is 23.8 Å². The first kappa shape index (κ1) is 14.6. The van der Waals surface area contributed by atoms with Crippen molar-refractivity contribution in [2.75, 3.05) is 7.11 Å². The Bertz CT molecular complexity index is 632. The second-order valence-corrected chi connectivity index (χ2v) is 4.75. The number of methoxy groups -OCH3 is 1. The molecule has 0 aliphatic rings. The van der Waals surface area contributed by atoms with E-state index in [2.05, 4.69) is 9.72 Å². The lowest BCUT2D eigenvalue weighted by Crippen LogP contribution is -2.05. The normalized spacial score (nSPS) is 10.2. The molecule has 104 valence electrons. The van der Waals surface area contributed by atoms with Crippen LogP contribution in [0.4, 0.5) is 0 Å². The highest BCUT2D eigenvalue weighted by molar-refractivity contribution is 6.32. The summed E-state index contributed by atoms with van der Waals surface area (Å²) >= 11 is 11.9. The number of esters is 1. The van der Waals surface area contributed by atoms with E-state index in [0.29, 0.717) is 22.4 Å². The number of carbonyl (C=O) groups is 1. The standard InChI is InChI=1S/C14H11Cl2NO3/c1-19-14(18)12-6-11(16)13(7-17-12)20-8-9-3-2-4-10(15)5-9/h2-7H,8H2,1H3. The fraction of sp³-hybridized carbons (Fsp3) is 0.143. The van der Waals surface area contributed by atoms with E-state index >= 15 is 0 Å². The van der Waals surface area contributed by atoms with Gasteiger partial charge in [0.15, 0.2) is 5.75 Å². The minimum Gasteiger partial charge on any atom is -0.486 e. The third kappa shape index (κ3) is 3.62. The number of benzene rings is 1. The maximum absolute atomic E-state index is 11.3. The Hall–Kier alpha value is -1.78. The first-order chi connectivity index (χ1) is 9.60. The summed E-state index contributed by atoms with van der Waals surface area (Å²) in [6, 6.07) is 8.70. The van der Waals surface area contributed by atoms with Gasteiger partial charge >= 0.3 is 5.97 Å². The zero-order valence-electron chi connectivity index (χ0n) is 10.6. The summed E-state index contributed by atoms with van der Waals surface area (Å²) in [6.07, 6.45) is 1.39. The average Bonchev–Trinajstić information content (AvgIpc) is 2.45. The van der Waals surface area contributed by atoms with E-state index in [1.807, 2.05) is 12.1 Å². The molecule has 4 nitrogen and oxygen atoms in total. The van der Waals surface area contributed by atoms with Crippen LogP contribution in [0.25, 0.3) is 0 Å². The summed E-state index contributed by atoms with van der Waals surface area (Å²) in [6.45, 7) is 0.305. The number of carbonyl (C=O) groups excluding carboxylic acids is 1. The summed E-state index contributed by atoms with van der Waals surface area (Å²) in [5.41, 5.74) is 1.04. The smallest absolute Gasteiger partial charge is 0.356 e. The van der Waals surface area contributed by atoms with Gasteiger partial charge in [0.1, 0.15) is 12.3 Å². The molecule has 0 saturated heterocycles. The van der Waals surface area contributed by atoms with E-state index < -0.39 is 5.97 Å². The highest BCUT2D eigenvalue weighted by Crippen LogP contribution is 2.25. The van der Waals surface area contributed by atoms with E-state index in [0.717, 1.165) is 5.56 Å². The Morgan fingerprint density at radius 2 is 2.10 bits per heavy atom. The van der Waals surface area contributed by atoms with E-state index in [9.17, 15) is 4.79 Å². The molecule has 1 aromatic heterocycles. The monoisotopic (exact) mass is 311 g/mol. The molecule has 0 aliphatic carbocycles. The third-order valence-corrected chi connectivity index (χ3v) is 3.03. The zero-order valence-corrected chi connectivity index (χ0v) is 12.1. The van der Waals surface area contributed by atoms with Gasteiger partial charge in [0.2, 0.25) is 0 Å². The van der Waals surface area contributed by atoms with Crippen LogP contribution in [0.2, 0.25) is 10.0 Å². The number of ether oxygens (including phenoxy) is 2. The lowest BCUT2D eigenvalue weighted by molar-refractivity contribution is 0.0594. The molecular weight excluding hydrogens is 301 g/mol. The molecule has 2 rings (SSSR count). The molecule has 0 unspecified atom stereocenters. The molecule has 6 heteroatoms. The summed E-state index contributed by atoms with van der Waals surface area (Å²) in [4.78, 5) is 15.2. The Labute approximate surface area is 126 Å². The predicted molar refractivity (Wildman–Crippen MR) is 76.4 cm³/mol. The zero-order chi connectivity index (χ0) is 14.5. The molecule has 0 bridgehead atoms. The van der Waals surface area contributed by atoms with Gasteiger partial charge in [-0.2, -0.15) is 0 Å². The van der Waals surface area contributed by atoms with Gasteiger partial charge in [-0.15, -0.1) is 0 Å². The van der Waals surface area contributed by atoms with Gasteiger partial charge in [0.05, 0.1) is 18.3 Å². The summed E-state index contributed by atoms with van der Waals surface area (Å²) in [7, 11) is 1.28. The van der Waals surface area contributed by atoms with E-state index in [1.165, 1.54) is 19.4 Å². The maximum Gasteiger partial charge on any atom is 0.356 e. The summed E-state index contributed by atoms with van der Waals surface area (Å²) < 4.78 is 10.1. The van der Waals surface area contributed by atoms with Crippen molar-refractivity contribution in [3.05, 3.63) is 57.8 Å². The number of pyridine rings is 1. The summed E-state index contributed by atoms with van der Waals surface area (Å²) in [5.74, 6) is -0.160. The molecule has 0 fully saturated rings. The Morgan fingerprint density at radius 1 is 1.30 bits per heavy atom. The molecule has 0 amide bonds. The fourth-order valence-corrected chi connectivity index (χ4v) is 1.95. The second-order valence-electron chi connectivity index (χ2n) is 3.91. The van der Waals surface area contributed by atoms with Crippen molar-refractivity contribution in [1.82, 2.24) is 4.98 Å². The molecule has 0 N–H and O–H groups in total. The molecule has 20 heavy (non-hydrogen) atoms. The molecular formula is C14H11Cl2NO3. The maximum atomic E-state index is 11.3. The Balaban J connectivity index is 2.08. The van der Waals surface area contributed by atoms with E-state index in [1.54, 1.807) is 12.1 Å². The molecule has 0 atom stereocenters. The topological polar surface area (TPSA) is 48.4 Å². The molecule has 1 heterocycles. The minimum atomic E-state index is -0.548. The van der Waals surface area contributed by atoms with Crippen LogP contribution < -0.4 is 4.74 Å². The van der Waals surface area contributed by atoms with Gasteiger partial charge < -0.3 is 9.47 Å². The first-order valence-corrected chi connectivity index (χ1v) is 6.47. The van der Waals surface area contributed by atoms with Crippen LogP contribution in [0.15, 0.2) is 36.5 Å². The fourth-order valence-electron chi connectivity index (χ4n) is 1.53. The number of nitrogens with zero attached hydrogens (tertiary/aromatic N) is 1. The predicted octanol–water partition coefficient (Wildman–Crippen LogP) is 3.75. The number of hydrogen-bond donors (Lipinski definition) is 0. The quantitative estimate of drug-likeness (QED) is 0.807. The SMILES string of the molecule is COC(=O)c1cc(Cl)c(OCc2cccc(Cl)c2)cn1. The highest BCUT2D eigenvalue weighted by atomic mass is 35.5. The van der Waals surface area contributed by atoms with Crippen molar-refractivity contribution in [3.63, 3.8) is 0 Å². The van der Waals surface area contributed by atoms with Crippen molar-refractivity contribution >= 4 is 29.2 Å². The lowest BCUT2D eigenvalue weighted by Gasteiger charge is -2.08. The van der Waals surface area contributed by atoms with Crippen LogP contribution in [-0.4, -0.2) is 18.1 Å². The molecule has 2 aromatic rings. The Kier molecular flexibility index (Phi) is 4.82. The van der Waals surface area contributed by atoms with Crippen molar-refractivity contribution in [1.29, 1.82) is 0 Å². The van der Waals surface area contributed by atoms with Crippen molar-refractivity contribution in [2.45, 2.75) is 6.61 Å². The number of hydrogen-bond acceptors (Lipinski definition) is 4. The Morgan fingerprint density at radius 3 is 2.75 bits per heavy atom. The first-order valence-electron chi connectivity index (χ1n) is 5.71. The van der Waals surface area contributed by atoms with Crippen LogP contribution in [0.3, 0.4) is 0 Å². The number of rotatable bonds is 4. The van der Waals surface area contributed by atoms with E-state index in [-0.39, 0.29) is 5.69 Å². The van der Waals surface area contributed by atoms with Crippen LogP contribution in [0.1, 0.15) is 16.1 Å². The third-order valence-electron chi connectivity index (χ3n) is 2.50. The number of aromatic nitrogens is 1. The van der Waals surface area contributed by atoms with Crippen molar-refractivity contribution in [3.8, 4) is 5.75 Å². The average molecular weight is 312 g/mol. The van der Waals surface area contributed by atoms with Gasteiger partial charge in [-0.3, -0.25) is 0 Å². The molecule has 0 aliphatic heterocycles. The molecule has 0 radical (unpaired) electrons. The largest absolute Gasteiger partial charge is 0.486 e. The van der Waals surface area contributed by atoms with Crippen LogP contribution >= 0.6 is 23.2 Å². The van der Waals surface area contributed by atoms with Crippen LogP contribution in [0.5, 0.6) is 5.75 Å². The lowest BCUT2D eigenvalue weighted by atomic mass is 10.2. The van der Waals surface area contributed by atoms with Gasteiger partial charge in [-0.1, -0.05) is 35.3 Å². The summed E-state index contributed by atoms with van der Waals surface area (Å²) in [5, 5.41) is 0.929. The van der Waals surface area contributed by atoms with Gasteiger partial charge in [0, 0.05) is 5.02 Å². The number of halogens is 2. The molecule has 1 aromatic carbocycles. The molecule has 0 saturated carbocycles. The van der Waals surface area contributed by atoms with Gasteiger partial charge in [-0.25, -0.2) is 9.78 Å². The molecule has 0 spiro atoms. The van der Waals surface area contributed by atoms with Crippen molar-refractivity contribution < 1.29 is 14.3 Å². The van der Waals surface area contributed by atoms with Crippen LogP contribution in [-0.2, 0) is 11.3 Å². The van der Waals surface area contributed by atoms with Crippen molar-refractivity contribution in [2.24, 2.45) is 0 Å². The van der Waals surface area contributed by atoms with E-state index in [4.69, 9.17) is 27.9 Å². The van der Waals surface area contributed by atoms with Crippen LogP contribution in [0, 0.1) is 0 Å². The second kappa shape index (κ2) is 6.59. The highest BCUT2D eigenvalue weighted by Gasteiger charge is 2.11. The minimum absolute atomic E-state index is 0.132.